The van der Waals surface area contributed by atoms with Gasteiger partial charge in [0.05, 0.1) is 12.6 Å². The van der Waals surface area contributed by atoms with Gasteiger partial charge in [0.15, 0.2) is 5.78 Å². The molecule has 1 atom stereocenters. The number of ether oxygens (including phenoxy) is 1. The lowest BCUT2D eigenvalue weighted by Gasteiger charge is -2.21. The van der Waals surface area contributed by atoms with E-state index in [-0.39, 0.29) is 17.8 Å². The lowest BCUT2D eigenvalue weighted by atomic mass is 9.96. The first-order valence-electron chi connectivity index (χ1n) is 15.6. The molecule has 0 aliphatic heterocycles. The first-order chi connectivity index (χ1) is 19.8. The van der Waals surface area contributed by atoms with Crippen molar-refractivity contribution in [1.82, 2.24) is 4.57 Å². The number of hydrogen-bond acceptors (Lipinski definition) is 4. The van der Waals surface area contributed by atoms with Gasteiger partial charge < -0.3 is 14.6 Å². The molecule has 1 heterocycles. The molecule has 0 aliphatic carbocycles. The molecule has 1 unspecified atom stereocenters. The smallest absolute Gasteiger partial charge is 0.305 e. The minimum atomic E-state index is -0.169. The number of aryl methyl sites for hydroxylation is 1. The lowest BCUT2D eigenvalue weighted by Crippen LogP contribution is -2.12. The molecule has 0 saturated heterocycles. The summed E-state index contributed by atoms with van der Waals surface area (Å²) in [6, 6.07) is 19.2. The molecule has 1 N–H and O–H groups in total. The largest absolute Gasteiger partial charge is 0.466 e. The Labute approximate surface area is 247 Å². The zero-order valence-corrected chi connectivity index (χ0v) is 26.1. The molecule has 0 spiro atoms. The van der Waals surface area contributed by atoms with Gasteiger partial charge in [0, 0.05) is 41.7 Å². The van der Waals surface area contributed by atoms with Crippen LogP contribution in [0.4, 0.5) is 5.69 Å². The van der Waals surface area contributed by atoms with Gasteiger partial charge in [-0.05, 0) is 74.3 Å². The van der Waals surface area contributed by atoms with Crippen molar-refractivity contribution in [3.63, 3.8) is 0 Å². The molecule has 0 bridgehead atoms. The predicted octanol–water partition coefficient (Wildman–Crippen LogP) is 8.64. The molecule has 0 fully saturated rings. The fraction of sp³-hybridized carbons (Fsp3) is 0.500. The van der Waals surface area contributed by atoms with Crippen LogP contribution in [0.5, 0.6) is 0 Å². The molecule has 0 saturated carbocycles. The van der Waals surface area contributed by atoms with E-state index >= 15 is 0 Å². The number of carbonyl (C=O) groups excluding carboxylic acids is 2. The van der Waals surface area contributed by atoms with Crippen molar-refractivity contribution in [2.45, 2.75) is 98.4 Å². The van der Waals surface area contributed by atoms with Crippen molar-refractivity contribution < 1.29 is 14.3 Å². The highest BCUT2D eigenvalue weighted by molar-refractivity contribution is 6.10. The molecule has 3 aromatic rings. The van der Waals surface area contributed by atoms with E-state index in [2.05, 4.69) is 67.9 Å². The number of hydrogen-bond donors (Lipinski definition) is 1. The van der Waals surface area contributed by atoms with Gasteiger partial charge in [-0.3, -0.25) is 9.59 Å². The van der Waals surface area contributed by atoms with Crippen LogP contribution in [-0.4, -0.2) is 22.9 Å². The average molecular weight is 559 g/mol. The molecule has 2 aromatic carbocycles. The van der Waals surface area contributed by atoms with Gasteiger partial charge in [-0.2, -0.15) is 0 Å². The molecule has 1 aromatic heterocycles. The van der Waals surface area contributed by atoms with Crippen molar-refractivity contribution in [2.75, 3.05) is 11.9 Å². The molecule has 5 nitrogen and oxygen atoms in total. The van der Waals surface area contributed by atoms with Gasteiger partial charge in [0.1, 0.15) is 0 Å². The molecule has 222 valence electrons. The fourth-order valence-corrected chi connectivity index (χ4v) is 5.60. The van der Waals surface area contributed by atoms with E-state index in [9.17, 15) is 9.59 Å². The Bertz CT molecular complexity index is 1260. The van der Waals surface area contributed by atoms with E-state index in [1.807, 2.05) is 38.2 Å². The molecule has 0 amide bonds. The van der Waals surface area contributed by atoms with Gasteiger partial charge >= 0.3 is 5.97 Å². The zero-order valence-electron chi connectivity index (χ0n) is 26.1. The Balaban J connectivity index is 1.79. The SMILES string of the molecule is CCCCCC(Nc1cccc(C(=O)c2cc(CCCC(=O)OCC)n(C)c2CC)c1)c1ccc(CC(C)C)cc1. The van der Waals surface area contributed by atoms with Crippen LogP contribution in [0.15, 0.2) is 54.6 Å². The van der Waals surface area contributed by atoms with Crippen LogP contribution in [0.2, 0.25) is 0 Å². The summed E-state index contributed by atoms with van der Waals surface area (Å²) in [5.41, 5.74) is 7.16. The first-order valence-corrected chi connectivity index (χ1v) is 15.6. The maximum atomic E-state index is 13.8. The maximum Gasteiger partial charge on any atom is 0.305 e. The monoisotopic (exact) mass is 558 g/mol. The number of rotatable bonds is 17. The van der Waals surface area contributed by atoms with Crippen molar-refractivity contribution >= 4 is 17.4 Å². The van der Waals surface area contributed by atoms with Gasteiger partial charge in [-0.1, -0.05) is 83.4 Å². The third-order valence-electron chi connectivity index (χ3n) is 7.74. The van der Waals surface area contributed by atoms with Gasteiger partial charge in [-0.25, -0.2) is 0 Å². The third kappa shape index (κ3) is 9.34. The first kappa shape index (κ1) is 32.2. The highest BCUT2D eigenvalue weighted by Crippen LogP contribution is 2.28. The Morgan fingerprint density at radius 1 is 0.951 bits per heavy atom. The molecule has 0 radical (unpaired) electrons. The summed E-state index contributed by atoms with van der Waals surface area (Å²) < 4.78 is 7.18. The summed E-state index contributed by atoms with van der Waals surface area (Å²) in [6.45, 7) is 11.0. The van der Waals surface area contributed by atoms with Gasteiger partial charge in [0.25, 0.3) is 0 Å². The predicted molar refractivity (Wildman–Crippen MR) is 170 cm³/mol. The van der Waals surface area contributed by atoms with Crippen molar-refractivity contribution in [1.29, 1.82) is 0 Å². The van der Waals surface area contributed by atoms with Crippen molar-refractivity contribution in [3.8, 4) is 0 Å². The number of nitrogens with zero attached hydrogens (tertiary/aromatic N) is 1. The van der Waals surface area contributed by atoms with Crippen LogP contribution in [0.1, 0.15) is 118 Å². The summed E-state index contributed by atoms with van der Waals surface area (Å²) in [5, 5.41) is 3.75. The zero-order chi connectivity index (χ0) is 29.8. The maximum absolute atomic E-state index is 13.8. The highest BCUT2D eigenvalue weighted by Gasteiger charge is 2.20. The highest BCUT2D eigenvalue weighted by atomic mass is 16.5. The van der Waals surface area contributed by atoms with E-state index in [1.165, 1.54) is 24.0 Å². The Kier molecular flexibility index (Phi) is 12.7. The molecule has 3 rings (SSSR count). The summed E-state index contributed by atoms with van der Waals surface area (Å²) in [7, 11) is 2.01. The third-order valence-corrected chi connectivity index (χ3v) is 7.74. The van der Waals surface area contributed by atoms with Crippen LogP contribution >= 0.6 is 0 Å². The second-order valence-corrected chi connectivity index (χ2v) is 11.5. The van der Waals surface area contributed by atoms with Gasteiger partial charge in [-0.15, -0.1) is 0 Å². The molecule has 41 heavy (non-hydrogen) atoms. The normalized spacial score (nSPS) is 12.0. The quantitative estimate of drug-likeness (QED) is 0.102. The summed E-state index contributed by atoms with van der Waals surface area (Å²) in [5.74, 6) is 0.508. The molecule has 5 heteroatoms. The van der Waals surface area contributed by atoms with Crippen LogP contribution in [-0.2, 0) is 35.8 Å². The molecular formula is C36H50N2O3. The topological polar surface area (TPSA) is 60.3 Å². The van der Waals surface area contributed by atoms with Crippen LogP contribution < -0.4 is 5.32 Å². The van der Waals surface area contributed by atoms with Gasteiger partial charge in [0.2, 0.25) is 0 Å². The fourth-order valence-electron chi connectivity index (χ4n) is 5.60. The number of benzene rings is 2. The Morgan fingerprint density at radius 2 is 1.71 bits per heavy atom. The van der Waals surface area contributed by atoms with Crippen LogP contribution in [0, 0.1) is 5.92 Å². The Hall–Kier alpha value is -3.34. The molecular weight excluding hydrogens is 508 g/mol. The number of unbranched alkanes of at least 4 members (excludes halogenated alkanes) is 2. The van der Waals surface area contributed by atoms with E-state index in [4.69, 9.17) is 4.74 Å². The number of ketones is 1. The second kappa shape index (κ2) is 16.2. The number of anilines is 1. The van der Waals surface area contributed by atoms with E-state index < -0.39 is 0 Å². The number of aromatic nitrogens is 1. The summed E-state index contributed by atoms with van der Waals surface area (Å²) >= 11 is 0. The number of carbonyl (C=O) groups is 2. The summed E-state index contributed by atoms with van der Waals surface area (Å²) in [6.07, 6.45) is 8.26. The van der Waals surface area contributed by atoms with Crippen LogP contribution in [0.25, 0.3) is 0 Å². The van der Waals surface area contributed by atoms with E-state index in [0.717, 1.165) is 54.7 Å². The van der Waals surface area contributed by atoms with Crippen molar-refractivity contribution in [3.05, 3.63) is 88.2 Å². The second-order valence-electron chi connectivity index (χ2n) is 11.5. The Morgan fingerprint density at radius 3 is 2.37 bits per heavy atom. The standard InChI is InChI=1S/C36H50N2O3/c1-7-10-11-17-33(28-21-19-27(20-22-28)23-26(4)5)37-30-15-12-14-29(24-30)36(40)32-25-31(38(6)34(32)8-2)16-13-18-35(39)41-9-3/h12,14-15,19-22,24-26,33,37H,7-11,13,16-18,23H2,1-6H3. The van der Waals surface area contributed by atoms with Crippen LogP contribution in [0.3, 0.4) is 0 Å². The minimum Gasteiger partial charge on any atom is -0.466 e. The number of nitrogens with one attached hydrogen (secondary N) is 1. The number of esters is 1. The minimum absolute atomic E-state index is 0.0401. The summed E-state index contributed by atoms with van der Waals surface area (Å²) in [4.78, 5) is 25.6. The lowest BCUT2D eigenvalue weighted by molar-refractivity contribution is -0.143. The van der Waals surface area contributed by atoms with E-state index in [0.29, 0.717) is 30.9 Å². The van der Waals surface area contributed by atoms with Crippen molar-refractivity contribution in [2.24, 2.45) is 13.0 Å². The average Bonchev–Trinajstić information content (AvgIpc) is 3.27. The van der Waals surface area contributed by atoms with E-state index in [1.54, 1.807) is 0 Å². The molecule has 0 aliphatic rings.